The molecule has 0 bridgehead atoms. The quantitative estimate of drug-likeness (QED) is 0.817. The first kappa shape index (κ1) is 14.5. The number of carboxylic acids is 1. The van der Waals surface area contributed by atoms with Crippen LogP contribution < -0.4 is 0 Å². The van der Waals surface area contributed by atoms with Crippen molar-refractivity contribution in [1.29, 1.82) is 0 Å². The summed E-state index contributed by atoms with van der Waals surface area (Å²) in [5.74, 6) is -0.814. The van der Waals surface area contributed by atoms with Crippen LogP contribution in [0.4, 0.5) is 0 Å². The van der Waals surface area contributed by atoms with E-state index in [9.17, 15) is 4.79 Å². The van der Waals surface area contributed by atoms with Crippen molar-refractivity contribution in [1.82, 2.24) is 0 Å². The van der Waals surface area contributed by atoms with Gasteiger partial charge in [-0.1, -0.05) is 51.1 Å². The molecular weight excluding hydrogens is 224 g/mol. The van der Waals surface area contributed by atoms with Gasteiger partial charge in [-0.15, -0.1) is 0 Å². The lowest BCUT2D eigenvalue weighted by molar-refractivity contribution is -0.132. The molecule has 98 valence electrons. The van der Waals surface area contributed by atoms with Gasteiger partial charge in [0, 0.05) is 5.57 Å². The number of aryl methyl sites for hydroxylation is 1. The van der Waals surface area contributed by atoms with Gasteiger partial charge < -0.3 is 5.11 Å². The lowest BCUT2D eigenvalue weighted by atomic mass is 9.82. The molecule has 0 aliphatic heterocycles. The fourth-order valence-electron chi connectivity index (χ4n) is 2.11. The molecule has 0 spiro atoms. The number of aliphatic carboxylic acids is 1. The van der Waals surface area contributed by atoms with E-state index in [0.29, 0.717) is 12.0 Å². The Bertz CT molecular complexity index is 450. The molecular formula is C16H22O2. The normalized spacial score (nSPS) is 12.6. The van der Waals surface area contributed by atoms with E-state index in [1.54, 1.807) is 13.0 Å². The van der Waals surface area contributed by atoms with Crippen molar-refractivity contribution in [2.45, 2.75) is 46.0 Å². The Kier molecular flexibility index (Phi) is 4.71. The molecule has 2 heteroatoms. The van der Waals surface area contributed by atoms with Crippen LogP contribution in [0.1, 0.15) is 45.2 Å². The summed E-state index contributed by atoms with van der Waals surface area (Å²) >= 11 is 0. The van der Waals surface area contributed by atoms with Crippen LogP contribution in [0.25, 0.3) is 0 Å². The van der Waals surface area contributed by atoms with Gasteiger partial charge in [-0.25, -0.2) is 4.79 Å². The third kappa shape index (κ3) is 3.73. The van der Waals surface area contributed by atoms with Crippen molar-refractivity contribution in [3.8, 4) is 0 Å². The molecule has 0 saturated heterocycles. The molecule has 2 nitrogen and oxygen atoms in total. The van der Waals surface area contributed by atoms with E-state index in [2.05, 4.69) is 32.9 Å². The first-order valence-corrected chi connectivity index (χ1v) is 6.33. The number of allylic oxidation sites excluding steroid dienone is 1. The summed E-state index contributed by atoms with van der Waals surface area (Å²) in [5.41, 5.74) is 3.12. The predicted molar refractivity (Wildman–Crippen MR) is 74.9 cm³/mol. The molecule has 1 rings (SSSR count). The highest BCUT2D eigenvalue weighted by atomic mass is 16.4. The van der Waals surface area contributed by atoms with Crippen LogP contribution in [0, 0.1) is 0 Å². The molecule has 1 aromatic rings. The highest BCUT2D eigenvalue weighted by molar-refractivity contribution is 5.86. The van der Waals surface area contributed by atoms with Crippen LogP contribution in [0.5, 0.6) is 0 Å². The van der Waals surface area contributed by atoms with Crippen molar-refractivity contribution < 1.29 is 9.90 Å². The monoisotopic (exact) mass is 246 g/mol. The molecule has 0 fully saturated rings. The Balaban J connectivity index is 2.89. The van der Waals surface area contributed by atoms with E-state index >= 15 is 0 Å². The average molecular weight is 246 g/mol. The summed E-state index contributed by atoms with van der Waals surface area (Å²) in [5, 5.41) is 9.01. The van der Waals surface area contributed by atoms with Gasteiger partial charge in [0.2, 0.25) is 0 Å². The van der Waals surface area contributed by atoms with Crippen LogP contribution in [0.3, 0.4) is 0 Å². The molecule has 0 radical (unpaired) electrons. The van der Waals surface area contributed by atoms with E-state index < -0.39 is 5.97 Å². The van der Waals surface area contributed by atoms with Crippen molar-refractivity contribution in [3.63, 3.8) is 0 Å². The molecule has 0 amide bonds. The Morgan fingerprint density at radius 2 is 1.89 bits per heavy atom. The molecule has 18 heavy (non-hydrogen) atoms. The second-order valence-electron chi connectivity index (χ2n) is 5.53. The fourth-order valence-corrected chi connectivity index (χ4v) is 2.11. The number of benzene rings is 1. The summed E-state index contributed by atoms with van der Waals surface area (Å²) < 4.78 is 0. The van der Waals surface area contributed by atoms with E-state index in [1.165, 1.54) is 11.1 Å². The number of hydrogen-bond acceptors (Lipinski definition) is 1. The second kappa shape index (κ2) is 5.85. The molecule has 0 aliphatic carbocycles. The lowest BCUT2D eigenvalue weighted by Gasteiger charge is -2.23. The van der Waals surface area contributed by atoms with Gasteiger partial charge in [-0.05, 0) is 36.3 Å². The van der Waals surface area contributed by atoms with E-state index in [0.717, 1.165) is 6.42 Å². The van der Waals surface area contributed by atoms with Crippen molar-refractivity contribution in [3.05, 3.63) is 47.0 Å². The zero-order valence-corrected chi connectivity index (χ0v) is 11.7. The smallest absolute Gasteiger partial charge is 0.331 e. The molecule has 0 atom stereocenters. The minimum absolute atomic E-state index is 0.0932. The fraction of sp³-hybridized carbons (Fsp3) is 0.438. The van der Waals surface area contributed by atoms with Gasteiger partial charge in [0.1, 0.15) is 0 Å². The standard InChI is InChI=1S/C16H22O2/c1-5-12(15(17)18)10-11-13-8-6-7-9-14(13)16(2,3)4/h5-9H,10-11H2,1-4H3,(H,17,18)/b12-5+. The summed E-state index contributed by atoms with van der Waals surface area (Å²) in [6.45, 7) is 8.32. The van der Waals surface area contributed by atoms with Gasteiger partial charge in [-0.3, -0.25) is 0 Å². The maximum Gasteiger partial charge on any atom is 0.331 e. The third-order valence-electron chi connectivity index (χ3n) is 3.11. The van der Waals surface area contributed by atoms with Crippen LogP contribution in [0.2, 0.25) is 0 Å². The molecule has 0 aliphatic rings. The Labute approximate surface area is 109 Å². The minimum atomic E-state index is -0.814. The Morgan fingerprint density at radius 1 is 1.28 bits per heavy atom. The van der Waals surface area contributed by atoms with E-state index in [-0.39, 0.29) is 5.41 Å². The highest BCUT2D eigenvalue weighted by Crippen LogP contribution is 2.27. The summed E-state index contributed by atoms with van der Waals surface area (Å²) in [7, 11) is 0. The summed E-state index contributed by atoms with van der Waals surface area (Å²) in [6, 6.07) is 8.28. The van der Waals surface area contributed by atoms with E-state index in [4.69, 9.17) is 5.11 Å². The maximum atomic E-state index is 11.0. The average Bonchev–Trinajstić information content (AvgIpc) is 2.28. The summed E-state index contributed by atoms with van der Waals surface area (Å²) in [6.07, 6.45) is 3.04. The minimum Gasteiger partial charge on any atom is -0.478 e. The largest absolute Gasteiger partial charge is 0.478 e. The van der Waals surface area contributed by atoms with Gasteiger partial charge in [0.15, 0.2) is 0 Å². The van der Waals surface area contributed by atoms with Gasteiger partial charge in [-0.2, -0.15) is 0 Å². The zero-order valence-electron chi connectivity index (χ0n) is 11.7. The number of rotatable bonds is 4. The van der Waals surface area contributed by atoms with Crippen LogP contribution in [0.15, 0.2) is 35.9 Å². The number of carboxylic acid groups (broad SMARTS) is 1. The third-order valence-corrected chi connectivity index (χ3v) is 3.11. The molecule has 0 heterocycles. The lowest BCUT2D eigenvalue weighted by Crippen LogP contribution is -2.14. The predicted octanol–water partition coefficient (Wildman–Crippen LogP) is 3.95. The highest BCUT2D eigenvalue weighted by Gasteiger charge is 2.17. The molecule has 0 saturated carbocycles. The van der Waals surface area contributed by atoms with Gasteiger partial charge in [0.25, 0.3) is 0 Å². The van der Waals surface area contributed by atoms with Gasteiger partial charge in [0.05, 0.1) is 0 Å². The summed E-state index contributed by atoms with van der Waals surface area (Å²) in [4.78, 5) is 11.0. The Hall–Kier alpha value is -1.57. The molecule has 0 aromatic heterocycles. The van der Waals surface area contributed by atoms with Gasteiger partial charge >= 0.3 is 5.97 Å². The SMILES string of the molecule is C/C=C(\CCc1ccccc1C(C)(C)C)C(=O)O. The van der Waals surface area contributed by atoms with Crippen molar-refractivity contribution in [2.24, 2.45) is 0 Å². The first-order valence-electron chi connectivity index (χ1n) is 6.33. The molecule has 1 aromatic carbocycles. The first-order chi connectivity index (χ1) is 8.36. The maximum absolute atomic E-state index is 11.0. The topological polar surface area (TPSA) is 37.3 Å². The van der Waals surface area contributed by atoms with Crippen LogP contribution >= 0.6 is 0 Å². The second-order valence-corrected chi connectivity index (χ2v) is 5.53. The van der Waals surface area contributed by atoms with Crippen LogP contribution in [-0.2, 0) is 16.6 Å². The molecule has 1 N–H and O–H groups in total. The Morgan fingerprint density at radius 3 is 2.39 bits per heavy atom. The molecule has 0 unspecified atom stereocenters. The number of carbonyl (C=O) groups is 1. The zero-order chi connectivity index (χ0) is 13.8. The van der Waals surface area contributed by atoms with Crippen molar-refractivity contribution >= 4 is 5.97 Å². The number of hydrogen-bond donors (Lipinski definition) is 1. The van der Waals surface area contributed by atoms with E-state index in [1.807, 2.05) is 12.1 Å². The van der Waals surface area contributed by atoms with Crippen LogP contribution in [-0.4, -0.2) is 11.1 Å². The van der Waals surface area contributed by atoms with Crippen molar-refractivity contribution in [2.75, 3.05) is 0 Å².